The van der Waals surface area contributed by atoms with Gasteiger partial charge < -0.3 is 0 Å². The number of halogens is 3. The average molecular weight is 296 g/mol. The summed E-state index contributed by atoms with van der Waals surface area (Å²) in [6.45, 7) is 4.61. The maximum atomic E-state index is 12.4. The van der Waals surface area contributed by atoms with Crippen LogP contribution < -0.4 is 10.2 Å². The molecular formula is C12H19F3N2OS. The quantitative estimate of drug-likeness (QED) is 0.437. The molecule has 1 aromatic carbocycles. The molecule has 0 unspecified atom stereocenters. The highest BCUT2D eigenvalue weighted by Gasteiger charge is 2.30. The Kier molecular flexibility index (Phi) is 8.62. The number of alkyl halides is 3. The van der Waals surface area contributed by atoms with Gasteiger partial charge in [-0.1, -0.05) is 31.9 Å². The van der Waals surface area contributed by atoms with E-state index in [9.17, 15) is 13.2 Å². The number of rotatable bonds is 5. The number of anilines is 1. The summed E-state index contributed by atoms with van der Waals surface area (Å²) in [5, 5.41) is 8.82. The molecule has 0 saturated heterocycles. The van der Waals surface area contributed by atoms with Crippen molar-refractivity contribution >= 4 is 17.6 Å². The van der Waals surface area contributed by atoms with E-state index in [0.717, 1.165) is 12.1 Å². The van der Waals surface area contributed by atoms with Gasteiger partial charge >= 0.3 is 6.18 Å². The smallest absolute Gasteiger partial charge is 0.291 e. The maximum absolute atomic E-state index is 12.4. The highest BCUT2D eigenvalue weighted by molar-refractivity contribution is 7.96. The van der Waals surface area contributed by atoms with Crippen molar-refractivity contribution < 1.29 is 18.4 Å². The van der Waals surface area contributed by atoms with Crippen LogP contribution in [0.2, 0.25) is 0 Å². The van der Waals surface area contributed by atoms with Crippen molar-refractivity contribution in [2.24, 2.45) is 0 Å². The van der Waals surface area contributed by atoms with E-state index < -0.39 is 11.7 Å². The molecule has 0 heterocycles. The van der Waals surface area contributed by atoms with Crippen molar-refractivity contribution in [1.82, 2.24) is 4.72 Å². The second-order valence-corrected chi connectivity index (χ2v) is 4.03. The highest BCUT2D eigenvalue weighted by Crippen LogP contribution is 2.32. The van der Waals surface area contributed by atoms with Crippen molar-refractivity contribution in [1.29, 1.82) is 0 Å². The van der Waals surface area contributed by atoms with Crippen LogP contribution in [0.3, 0.4) is 0 Å². The molecule has 0 fully saturated rings. The predicted molar refractivity (Wildman–Crippen MR) is 73.4 cm³/mol. The summed E-state index contributed by atoms with van der Waals surface area (Å²) in [7, 11) is 0. The zero-order valence-corrected chi connectivity index (χ0v) is 12.0. The summed E-state index contributed by atoms with van der Waals surface area (Å²) in [5.74, 6) is 0. The molecule has 0 amide bonds. The fourth-order valence-electron chi connectivity index (χ4n) is 1.36. The maximum Gasteiger partial charge on any atom is 0.416 e. The topological polar surface area (TPSA) is 44.3 Å². The first-order chi connectivity index (χ1) is 8.99. The molecule has 1 rings (SSSR count). The molecule has 0 atom stereocenters. The second-order valence-electron chi connectivity index (χ2n) is 3.33. The number of benzene rings is 1. The van der Waals surface area contributed by atoms with Gasteiger partial charge in [0.15, 0.2) is 0 Å². The Morgan fingerprint density at radius 3 is 2.37 bits per heavy atom. The van der Waals surface area contributed by atoms with Gasteiger partial charge in [0, 0.05) is 6.54 Å². The Morgan fingerprint density at radius 2 is 1.89 bits per heavy atom. The van der Waals surface area contributed by atoms with Crippen molar-refractivity contribution in [3.8, 4) is 0 Å². The molecule has 0 aliphatic rings. The van der Waals surface area contributed by atoms with Gasteiger partial charge in [0.25, 0.3) is 0 Å². The molecule has 3 N–H and O–H groups in total. The normalized spacial score (nSPS) is 10.7. The monoisotopic (exact) mass is 296 g/mol. The molecule has 0 radical (unpaired) electrons. The van der Waals surface area contributed by atoms with E-state index in [4.69, 9.17) is 5.21 Å². The van der Waals surface area contributed by atoms with Crippen molar-refractivity contribution in [3.63, 3.8) is 0 Å². The number of nitrogens with one attached hydrogen (secondary N) is 2. The van der Waals surface area contributed by atoms with Crippen LogP contribution >= 0.6 is 11.9 Å². The molecule has 0 saturated carbocycles. The molecule has 7 heteroatoms. The van der Waals surface area contributed by atoms with Crippen LogP contribution in [0.1, 0.15) is 25.0 Å². The Hall–Kier alpha value is -0.920. The standard InChI is InChI=1S/C10H13F3N2OS.C2H6/c1-17-14-5-4-7-2-3-8(10(11,12)13)6-9(7)15-16;1-2/h2-3,6,14-16H,4-5H2,1H3;1-2H3. The average Bonchev–Trinajstić information content (AvgIpc) is 2.40. The van der Waals surface area contributed by atoms with E-state index in [-0.39, 0.29) is 5.69 Å². The van der Waals surface area contributed by atoms with Gasteiger partial charge in [0.2, 0.25) is 0 Å². The third kappa shape index (κ3) is 6.17. The van der Waals surface area contributed by atoms with Crippen LogP contribution in [0.4, 0.5) is 18.9 Å². The Balaban J connectivity index is 0.00000154. The number of hydrogen-bond donors (Lipinski definition) is 3. The van der Waals surface area contributed by atoms with Gasteiger partial charge in [0.1, 0.15) is 0 Å². The molecule has 19 heavy (non-hydrogen) atoms. The fraction of sp³-hybridized carbons (Fsp3) is 0.500. The van der Waals surface area contributed by atoms with E-state index in [0.29, 0.717) is 18.5 Å². The lowest BCUT2D eigenvalue weighted by Gasteiger charge is -2.12. The van der Waals surface area contributed by atoms with Gasteiger partial charge in [-0.25, -0.2) is 0 Å². The van der Waals surface area contributed by atoms with Gasteiger partial charge in [0.05, 0.1) is 11.3 Å². The second kappa shape index (κ2) is 9.06. The molecule has 110 valence electrons. The molecule has 0 bridgehead atoms. The third-order valence-electron chi connectivity index (χ3n) is 2.20. The third-order valence-corrected chi connectivity index (χ3v) is 2.69. The van der Waals surface area contributed by atoms with Crippen molar-refractivity contribution in [3.05, 3.63) is 29.3 Å². The minimum absolute atomic E-state index is 0.0859. The minimum Gasteiger partial charge on any atom is -0.291 e. The van der Waals surface area contributed by atoms with Crippen LogP contribution in [-0.2, 0) is 12.6 Å². The zero-order chi connectivity index (χ0) is 14.9. The number of hydrogen-bond acceptors (Lipinski definition) is 4. The lowest BCUT2D eigenvalue weighted by molar-refractivity contribution is -0.137. The van der Waals surface area contributed by atoms with Crippen molar-refractivity contribution in [2.45, 2.75) is 26.4 Å². The molecule has 0 aliphatic carbocycles. The molecular weight excluding hydrogens is 277 g/mol. The summed E-state index contributed by atoms with van der Waals surface area (Å²) < 4.78 is 40.2. The van der Waals surface area contributed by atoms with Crippen LogP contribution in [0.25, 0.3) is 0 Å². The summed E-state index contributed by atoms with van der Waals surface area (Å²) in [6.07, 6.45) is -2.01. The van der Waals surface area contributed by atoms with Crippen molar-refractivity contribution in [2.75, 3.05) is 18.3 Å². The van der Waals surface area contributed by atoms with E-state index in [2.05, 4.69) is 4.72 Å². The van der Waals surface area contributed by atoms with Gasteiger partial charge in [-0.3, -0.25) is 15.4 Å². The van der Waals surface area contributed by atoms with E-state index in [1.807, 2.05) is 20.1 Å². The predicted octanol–water partition coefficient (Wildman–Crippen LogP) is 3.94. The Bertz CT molecular complexity index is 372. The first kappa shape index (κ1) is 18.1. The van der Waals surface area contributed by atoms with Crippen LogP contribution in [0.5, 0.6) is 0 Å². The Morgan fingerprint density at radius 1 is 1.26 bits per heavy atom. The first-order valence-electron chi connectivity index (χ1n) is 5.85. The van der Waals surface area contributed by atoms with Crippen LogP contribution in [0, 0.1) is 0 Å². The van der Waals surface area contributed by atoms with Gasteiger partial charge in [-0.05, 0) is 30.4 Å². The van der Waals surface area contributed by atoms with Crippen LogP contribution in [-0.4, -0.2) is 18.0 Å². The summed E-state index contributed by atoms with van der Waals surface area (Å²) in [4.78, 5) is 0. The lowest BCUT2D eigenvalue weighted by Crippen LogP contribution is -2.11. The molecule has 1 aromatic rings. The molecule has 0 spiro atoms. The summed E-state index contributed by atoms with van der Waals surface area (Å²) in [5.41, 5.74) is 1.73. The highest BCUT2D eigenvalue weighted by atomic mass is 32.2. The molecule has 0 aromatic heterocycles. The van der Waals surface area contributed by atoms with E-state index in [1.54, 1.807) is 5.48 Å². The molecule has 3 nitrogen and oxygen atoms in total. The summed E-state index contributed by atoms with van der Waals surface area (Å²) >= 11 is 1.43. The van der Waals surface area contributed by atoms with E-state index >= 15 is 0 Å². The van der Waals surface area contributed by atoms with Gasteiger partial charge in [-0.2, -0.15) is 13.2 Å². The zero-order valence-electron chi connectivity index (χ0n) is 11.1. The first-order valence-corrected chi connectivity index (χ1v) is 7.07. The van der Waals surface area contributed by atoms with Crippen LogP contribution in [0.15, 0.2) is 18.2 Å². The molecule has 0 aliphatic heterocycles. The largest absolute Gasteiger partial charge is 0.416 e. The van der Waals surface area contributed by atoms with Gasteiger partial charge in [-0.15, -0.1) is 0 Å². The Labute approximate surface area is 115 Å². The lowest BCUT2D eigenvalue weighted by atomic mass is 10.1. The fourth-order valence-corrected chi connectivity index (χ4v) is 1.67. The minimum atomic E-state index is -4.40. The SMILES string of the molecule is CC.CSNCCc1ccc(C(F)(F)F)cc1NO. The summed E-state index contributed by atoms with van der Waals surface area (Å²) in [6, 6.07) is 3.27. The van der Waals surface area contributed by atoms with E-state index in [1.165, 1.54) is 18.0 Å².